The molecule has 0 spiro atoms. The van der Waals surface area contributed by atoms with Crippen LogP contribution >= 0.6 is 0 Å². The molecule has 0 heterocycles. The van der Waals surface area contributed by atoms with Crippen LogP contribution in [0.1, 0.15) is 135 Å². The number of aliphatic carboxylic acids is 3. The number of hydrogen-bond acceptors (Lipinski definition) is 11. The Hall–Kier alpha value is -7.19. The van der Waals surface area contributed by atoms with Crippen molar-refractivity contribution in [3.63, 3.8) is 0 Å². The SMILES string of the molecule is CCCCC(NC(=O)[C@H](CC(C)C)NC(=O)[C@@H](NC(=O)[C@H](Cc1ccccc1C)NC(=O)[C@H](CCC(=O)O)NC(=O)[C@H](CC(=O)O)NC(=O)CCC(=O)O)C(C)(C)C)C(=O)C(=O)NC(CC)c1ccccc1. The molecule has 7 atom stereocenters. The number of carbonyl (C=O) groups excluding carboxylic acids is 8. The van der Waals surface area contributed by atoms with Gasteiger partial charge in [-0.25, -0.2) is 0 Å². The van der Waals surface area contributed by atoms with E-state index in [1.165, 1.54) is 0 Å². The molecule has 0 aromatic heterocycles. The van der Waals surface area contributed by atoms with Crippen LogP contribution in [0.3, 0.4) is 0 Å². The molecule has 21 nitrogen and oxygen atoms in total. The van der Waals surface area contributed by atoms with Crippen molar-refractivity contribution < 1.29 is 68.1 Å². The lowest BCUT2D eigenvalue weighted by atomic mass is 9.85. The molecule has 7 amide bonds. The molecule has 0 bridgehead atoms. The Bertz CT molecular complexity index is 2230. The fraction of sp³-hybridized carbons (Fsp3) is 0.549. The Morgan fingerprint density at radius 2 is 1.10 bits per heavy atom. The van der Waals surface area contributed by atoms with E-state index in [0.717, 1.165) is 5.56 Å². The zero-order valence-corrected chi connectivity index (χ0v) is 42.4. The minimum Gasteiger partial charge on any atom is -0.481 e. The number of unbranched alkanes of at least 4 members (excludes halogenated alkanes) is 1. The first-order valence-electron chi connectivity index (χ1n) is 24.2. The number of amides is 7. The van der Waals surface area contributed by atoms with Crippen LogP contribution in [0.15, 0.2) is 54.6 Å². The highest BCUT2D eigenvalue weighted by Crippen LogP contribution is 2.22. The molecular formula is C51H73N7O14. The summed E-state index contributed by atoms with van der Waals surface area (Å²) in [4.78, 5) is 144. The van der Waals surface area contributed by atoms with Gasteiger partial charge in [0.2, 0.25) is 41.2 Å². The summed E-state index contributed by atoms with van der Waals surface area (Å²) in [6, 6.07) is 6.61. The molecule has 0 saturated heterocycles. The lowest BCUT2D eigenvalue weighted by Crippen LogP contribution is -2.62. The lowest BCUT2D eigenvalue weighted by Gasteiger charge is -2.34. The number of carbonyl (C=O) groups is 11. The second kappa shape index (κ2) is 29.9. The predicted molar refractivity (Wildman–Crippen MR) is 264 cm³/mol. The molecule has 396 valence electrons. The summed E-state index contributed by atoms with van der Waals surface area (Å²) in [6.07, 6.45) is -1.80. The average Bonchev–Trinajstić information content (AvgIpc) is 3.30. The molecule has 10 N–H and O–H groups in total. The Morgan fingerprint density at radius 3 is 1.65 bits per heavy atom. The normalized spacial score (nSPS) is 14.1. The van der Waals surface area contributed by atoms with Gasteiger partial charge in [0.25, 0.3) is 5.91 Å². The first kappa shape index (κ1) is 60.9. The van der Waals surface area contributed by atoms with Gasteiger partial charge in [0.05, 0.1) is 24.9 Å². The highest BCUT2D eigenvalue weighted by atomic mass is 16.4. The van der Waals surface area contributed by atoms with Crippen LogP contribution in [-0.4, -0.2) is 117 Å². The third kappa shape index (κ3) is 21.4. The summed E-state index contributed by atoms with van der Waals surface area (Å²) in [6.45, 7) is 14.1. The quantitative estimate of drug-likeness (QED) is 0.0486. The lowest BCUT2D eigenvalue weighted by molar-refractivity contribution is -0.142. The smallest absolute Gasteiger partial charge is 0.305 e. The molecule has 0 fully saturated rings. The third-order valence-corrected chi connectivity index (χ3v) is 11.6. The largest absolute Gasteiger partial charge is 0.481 e. The van der Waals surface area contributed by atoms with Crippen molar-refractivity contribution in [1.82, 2.24) is 37.2 Å². The van der Waals surface area contributed by atoms with Crippen molar-refractivity contribution in [2.45, 2.75) is 168 Å². The maximum atomic E-state index is 14.5. The first-order valence-corrected chi connectivity index (χ1v) is 24.2. The van der Waals surface area contributed by atoms with Gasteiger partial charge in [-0.1, -0.05) is 116 Å². The molecule has 0 saturated carbocycles. The average molecular weight is 1010 g/mol. The number of carboxylic acids is 3. The molecule has 72 heavy (non-hydrogen) atoms. The molecule has 21 heteroatoms. The molecular weight excluding hydrogens is 935 g/mol. The Balaban J connectivity index is 2.48. The van der Waals surface area contributed by atoms with Crippen molar-refractivity contribution in [3.8, 4) is 0 Å². The summed E-state index contributed by atoms with van der Waals surface area (Å²) in [5.74, 6) is -11.9. The number of rotatable bonds is 31. The summed E-state index contributed by atoms with van der Waals surface area (Å²) < 4.78 is 0. The maximum absolute atomic E-state index is 14.5. The van der Waals surface area contributed by atoms with Gasteiger partial charge < -0.3 is 52.5 Å². The summed E-state index contributed by atoms with van der Waals surface area (Å²) in [7, 11) is 0. The van der Waals surface area contributed by atoms with E-state index in [0.29, 0.717) is 30.4 Å². The molecule has 0 aliphatic carbocycles. The van der Waals surface area contributed by atoms with Gasteiger partial charge in [-0.3, -0.25) is 52.7 Å². The fourth-order valence-electron chi connectivity index (χ4n) is 7.54. The van der Waals surface area contributed by atoms with Gasteiger partial charge >= 0.3 is 17.9 Å². The maximum Gasteiger partial charge on any atom is 0.305 e. The van der Waals surface area contributed by atoms with E-state index < -0.39 is 145 Å². The van der Waals surface area contributed by atoms with Crippen LogP contribution in [0, 0.1) is 18.3 Å². The monoisotopic (exact) mass is 1010 g/mol. The Morgan fingerprint density at radius 1 is 0.556 bits per heavy atom. The summed E-state index contributed by atoms with van der Waals surface area (Å²) in [5, 5.41) is 45.8. The van der Waals surface area contributed by atoms with Crippen molar-refractivity contribution in [1.29, 1.82) is 0 Å². The summed E-state index contributed by atoms with van der Waals surface area (Å²) in [5.41, 5.74) is 1.02. The Kier molecular flexibility index (Phi) is 25.3. The van der Waals surface area contributed by atoms with Crippen LogP contribution in [0.4, 0.5) is 0 Å². The minimum absolute atomic E-state index is 0.0872. The van der Waals surface area contributed by atoms with E-state index >= 15 is 0 Å². The predicted octanol–water partition coefficient (Wildman–Crippen LogP) is 2.77. The third-order valence-electron chi connectivity index (χ3n) is 11.6. The van der Waals surface area contributed by atoms with E-state index in [9.17, 15) is 63.0 Å². The van der Waals surface area contributed by atoms with Crippen LogP contribution < -0.4 is 37.2 Å². The molecule has 2 unspecified atom stereocenters. The van der Waals surface area contributed by atoms with Crippen molar-refractivity contribution in [2.75, 3.05) is 0 Å². The topological polar surface area (TPSA) is 333 Å². The van der Waals surface area contributed by atoms with E-state index in [2.05, 4.69) is 37.2 Å². The van der Waals surface area contributed by atoms with Gasteiger partial charge in [0.15, 0.2) is 0 Å². The molecule has 2 rings (SSSR count). The molecule has 2 aromatic rings. The van der Waals surface area contributed by atoms with Gasteiger partial charge in [0.1, 0.15) is 30.2 Å². The summed E-state index contributed by atoms with van der Waals surface area (Å²) >= 11 is 0. The van der Waals surface area contributed by atoms with E-state index in [1.54, 1.807) is 52.0 Å². The number of hydrogen-bond donors (Lipinski definition) is 10. The number of ketones is 1. The van der Waals surface area contributed by atoms with Crippen LogP contribution in [0.5, 0.6) is 0 Å². The number of nitrogens with one attached hydrogen (secondary N) is 7. The van der Waals surface area contributed by atoms with E-state index in [1.807, 2.05) is 58.0 Å². The minimum atomic E-state index is -1.82. The molecule has 0 radical (unpaired) electrons. The number of benzene rings is 2. The van der Waals surface area contributed by atoms with Gasteiger partial charge in [0, 0.05) is 19.3 Å². The zero-order chi connectivity index (χ0) is 54.3. The molecule has 0 aliphatic heterocycles. The van der Waals surface area contributed by atoms with Crippen molar-refractivity contribution >= 4 is 65.0 Å². The Labute approximate surface area is 420 Å². The number of Topliss-reactive ketones (excluding diaryl/α,β-unsaturated/α-hetero) is 1. The first-order chi connectivity index (χ1) is 33.8. The second-order valence-corrected chi connectivity index (χ2v) is 19.2. The van der Waals surface area contributed by atoms with Gasteiger partial charge in [-0.15, -0.1) is 0 Å². The fourth-order valence-corrected chi connectivity index (χ4v) is 7.54. The number of carboxylic acid groups (broad SMARTS) is 3. The molecule has 2 aromatic carbocycles. The zero-order valence-electron chi connectivity index (χ0n) is 42.4. The van der Waals surface area contributed by atoms with Gasteiger partial charge in [-0.2, -0.15) is 0 Å². The van der Waals surface area contributed by atoms with E-state index in [4.69, 9.17) is 5.11 Å². The van der Waals surface area contributed by atoms with Crippen LogP contribution in [-0.2, 0) is 59.2 Å². The standard InChI is InChI=1S/C51H73N7O14/c1-9-11-21-34(43(66)49(71)53-33(10-2)31-18-13-12-14-19-31)54-46(68)36(26-29(3)4)57-50(72)44(51(6,7)8)58-48(70)37(27-32-20-16-15-17-30(32)5)56-45(67)35(22-24-40(60)61)55-47(69)38(28-42(64)65)52-39(59)23-25-41(62)63/h12-20,29,33-38,44H,9-11,21-28H2,1-8H3,(H,52,59)(H,53,71)(H,54,68)(H,55,69)(H,56,67)(H,57,72)(H,58,70)(H,60,61)(H,62,63)(H,64,65)/t33?,34?,35-,36-,37-,38-,44+/m0/s1. The van der Waals surface area contributed by atoms with E-state index in [-0.39, 0.29) is 25.2 Å². The van der Waals surface area contributed by atoms with Crippen LogP contribution in [0.2, 0.25) is 0 Å². The van der Waals surface area contributed by atoms with Crippen LogP contribution in [0.25, 0.3) is 0 Å². The highest BCUT2D eigenvalue weighted by Gasteiger charge is 2.39. The number of aryl methyl sites for hydroxylation is 1. The van der Waals surface area contributed by atoms with Crippen molar-refractivity contribution in [3.05, 3.63) is 71.3 Å². The molecule has 0 aliphatic rings. The van der Waals surface area contributed by atoms with Crippen molar-refractivity contribution in [2.24, 2.45) is 11.3 Å². The highest BCUT2D eigenvalue weighted by molar-refractivity contribution is 6.38. The second-order valence-electron chi connectivity index (χ2n) is 19.2. The van der Waals surface area contributed by atoms with Gasteiger partial charge in [-0.05, 0) is 60.6 Å².